The maximum absolute atomic E-state index is 14.6. The Kier molecular flexibility index (Phi) is 7.37. The van der Waals surface area contributed by atoms with Gasteiger partial charge in [0.2, 0.25) is 0 Å². The molecule has 1 aromatic carbocycles. The Hall–Kier alpha value is -2.72. The van der Waals surface area contributed by atoms with Crippen LogP contribution in [0.5, 0.6) is 0 Å². The van der Waals surface area contributed by atoms with E-state index in [1.807, 2.05) is 30.5 Å². The van der Waals surface area contributed by atoms with Gasteiger partial charge in [0, 0.05) is 48.4 Å². The number of hydrogen-bond donors (Lipinski definition) is 2. The molecule has 0 bridgehead atoms. The van der Waals surface area contributed by atoms with Crippen molar-refractivity contribution in [3.63, 3.8) is 0 Å². The maximum atomic E-state index is 14.6. The molecule has 2 N–H and O–H groups in total. The highest BCUT2D eigenvalue weighted by atomic mass is 35.5. The molecule has 11 heteroatoms. The molecule has 0 saturated carbocycles. The topological polar surface area (TPSA) is 83.4 Å². The van der Waals surface area contributed by atoms with Gasteiger partial charge in [0.05, 0.1) is 24.6 Å². The molecule has 0 radical (unpaired) electrons. The Balaban J connectivity index is 0.00000274. The van der Waals surface area contributed by atoms with E-state index in [1.165, 1.54) is 6.07 Å². The number of rotatable bonds is 6. The number of aromatic nitrogens is 5. The van der Waals surface area contributed by atoms with Gasteiger partial charge >= 0.3 is 0 Å². The summed E-state index contributed by atoms with van der Waals surface area (Å²) in [4.78, 5) is 7.16. The average molecular weight is 506 g/mol. The lowest BCUT2D eigenvalue weighted by atomic mass is 10.1. The van der Waals surface area contributed by atoms with E-state index in [4.69, 9.17) is 26.4 Å². The molecule has 5 rings (SSSR count). The van der Waals surface area contributed by atoms with E-state index in [1.54, 1.807) is 12.1 Å². The van der Waals surface area contributed by atoms with Crippen molar-refractivity contribution in [2.24, 2.45) is 0 Å². The predicted molar refractivity (Wildman–Crippen MR) is 132 cm³/mol. The summed E-state index contributed by atoms with van der Waals surface area (Å²) in [5.41, 5.74) is 4.94. The van der Waals surface area contributed by atoms with Crippen molar-refractivity contribution in [1.82, 2.24) is 29.7 Å². The van der Waals surface area contributed by atoms with Crippen molar-refractivity contribution >= 4 is 41.3 Å². The Bertz CT molecular complexity index is 1300. The number of nitrogens with zero attached hydrogens (tertiary/aromatic N) is 5. The van der Waals surface area contributed by atoms with Gasteiger partial charge in [0.25, 0.3) is 0 Å². The Morgan fingerprint density at radius 3 is 2.62 bits per heavy atom. The molecule has 4 aromatic rings. The fraction of sp³-hybridized carbons (Fsp3) is 0.348. The third kappa shape index (κ3) is 5.17. The largest absolute Gasteiger partial charge is 0.379 e. The lowest BCUT2D eigenvalue weighted by Gasteiger charge is -2.26. The third-order valence-corrected chi connectivity index (χ3v) is 6.02. The number of morpholine rings is 1. The number of hydrogen-bond acceptors (Lipinski definition) is 6. The van der Waals surface area contributed by atoms with E-state index in [-0.39, 0.29) is 18.2 Å². The molecule has 4 heterocycles. The lowest BCUT2D eigenvalue weighted by Crippen LogP contribution is -2.35. The zero-order chi connectivity index (χ0) is 22.9. The van der Waals surface area contributed by atoms with Crippen molar-refractivity contribution in [3.8, 4) is 0 Å². The molecule has 1 fully saturated rings. The molecule has 8 nitrogen and oxygen atoms in total. The fourth-order valence-corrected chi connectivity index (χ4v) is 4.23. The number of halogens is 3. The first-order valence-corrected chi connectivity index (χ1v) is 11.3. The summed E-state index contributed by atoms with van der Waals surface area (Å²) in [5, 5.41) is 15.6. The van der Waals surface area contributed by atoms with Gasteiger partial charge in [0.1, 0.15) is 5.82 Å². The van der Waals surface area contributed by atoms with Crippen LogP contribution in [0.3, 0.4) is 0 Å². The summed E-state index contributed by atoms with van der Waals surface area (Å²) in [6, 6.07) is 8.66. The molecule has 180 valence electrons. The molecule has 0 spiro atoms. The fourth-order valence-electron chi connectivity index (χ4n) is 4.07. The van der Waals surface area contributed by atoms with E-state index in [0.29, 0.717) is 41.9 Å². The molecule has 3 aromatic heterocycles. The zero-order valence-corrected chi connectivity index (χ0v) is 20.5. The highest BCUT2D eigenvalue weighted by Gasteiger charge is 2.20. The van der Waals surface area contributed by atoms with Gasteiger partial charge < -0.3 is 10.1 Å². The maximum Gasteiger partial charge on any atom is 0.158 e. The van der Waals surface area contributed by atoms with Gasteiger partial charge in [-0.1, -0.05) is 17.7 Å². The van der Waals surface area contributed by atoms with Crippen molar-refractivity contribution < 1.29 is 9.13 Å². The van der Waals surface area contributed by atoms with Crippen molar-refractivity contribution in [1.29, 1.82) is 0 Å². The minimum atomic E-state index is -0.341. The summed E-state index contributed by atoms with van der Waals surface area (Å²) in [5.74, 6) is 0.984. The quantitative estimate of drug-likeness (QED) is 0.402. The lowest BCUT2D eigenvalue weighted by molar-refractivity contribution is 0.0343. The highest BCUT2D eigenvalue weighted by molar-refractivity contribution is 6.30. The van der Waals surface area contributed by atoms with E-state index in [2.05, 4.69) is 20.4 Å². The Morgan fingerprint density at radius 2 is 1.91 bits per heavy atom. The number of imidazole rings is 1. The second-order valence-electron chi connectivity index (χ2n) is 8.30. The van der Waals surface area contributed by atoms with Crippen LogP contribution in [0.1, 0.15) is 28.2 Å². The number of aryl methyl sites for hydroxylation is 2. The predicted octanol–water partition coefficient (Wildman–Crippen LogP) is 4.45. The summed E-state index contributed by atoms with van der Waals surface area (Å²) in [6.07, 6.45) is 0.352. The molecular formula is C23H26Cl2FN7O. The van der Waals surface area contributed by atoms with Gasteiger partial charge in [-0.3, -0.25) is 10.00 Å². The first kappa shape index (κ1) is 24.4. The minimum Gasteiger partial charge on any atom is -0.379 e. The number of nitrogens with one attached hydrogen (secondary N) is 2. The molecule has 1 aliphatic rings. The Labute approximate surface area is 207 Å². The minimum absolute atomic E-state index is 0. The smallest absolute Gasteiger partial charge is 0.158 e. The van der Waals surface area contributed by atoms with Crippen LogP contribution < -0.4 is 5.32 Å². The van der Waals surface area contributed by atoms with Crippen LogP contribution in [-0.4, -0.2) is 56.0 Å². The number of benzene rings is 1. The summed E-state index contributed by atoms with van der Waals surface area (Å²) in [7, 11) is 0. The molecule has 1 aliphatic heterocycles. The van der Waals surface area contributed by atoms with Crippen LogP contribution in [0, 0.1) is 19.7 Å². The molecular weight excluding hydrogens is 480 g/mol. The number of aromatic amines is 1. The molecule has 0 aliphatic carbocycles. The second kappa shape index (κ2) is 10.3. The molecule has 0 atom stereocenters. The summed E-state index contributed by atoms with van der Waals surface area (Å²) in [6.45, 7) is 7.74. The van der Waals surface area contributed by atoms with E-state index in [0.717, 1.165) is 47.9 Å². The summed E-state index contributed by atoms with van der Waals surface area (Å²) >= 11 is 5.94. The first-order valence-electron chi connectivity index (χ1n) is 10.9. The standard InChI is InChI=1S/C23H25ClFN7O.ClH/c1-14-9-21(29-28-14)27-22-11-17(13-31-5-7-33-8-6-31)23-26-15(2)20(32(23)30-22)10-16-3-4-18(24)12-19(16)25;/h3-4,9,11-12H,5-8,10,13H2,1-2H3,(H2,27,28,29,30);1H. The Morgan fingerprint density at radius 1 is 1.12 bits per heavy atom. The third-order valence-electron chi connectivity index (χ3n) is 5.79. The van der Waals surface area contributed by atoms with Gasteiger partial charge in [-0.15, -0.1) is 17.5 Å². The van der Waals surface area contributed by atoms with Crippen molar-refractivity contribution in [2.45, 2.75) is 26.8 Å². The van der Waals surface area contributed by atoms with Crippen molar-refractivity contribution in [2.75, 3.05) is 31.6 Å². The molecule has 1 saturated heterocycles. The van der Waals surface area contributed by atoms with Gasteiger partial charge in [-0.05, 0) is 37.6 Å². The monoisotopic (exact) mass is 505 g/mol. The highest BCUT2D eigenvalue weighted by Crippen LogP contribution is 2.25. The SMILES string of the molecule is Cc1cc(Nc2cc(CN3CCOCC3)c3nc(C)c(Cc4ccc(Cl)cc4F)n3n2)n[nH]1.Cl. The van der Waals surface area contributed by atoms with Crippen LogP contribution in [0.4, 0.5) is 16.0 Å². The van der Waals surface area contributed by atoms with Gasteiger partial charge in [-0.2, -0.15) is 5.10 Å². The number of ether oxygens (including phenoxy) is 1. The second-order valence-corrected chi connectivity index (χ2v) is 8.73. The normalized spacial score (nSPS) is 14.4. The van der Waals surface area contributed by atoms with Crippen LogP contribution in [0.2, 0.25) is 5.02 Å². The van der Waals surface area contributed by atoms with Crippen LogP contribution in [0.25, 0.3) is 5.65 Å². The summed E-state index contributed by atoms with van der Waals surface area (Å²) < 4.78 is 21.9. The molecule has 0 amide bonds. The van der Waals surface area contributed by atoms with Gasteiger partial charge in [0.15, 0.2) is 17.3 Å². The van der Waals surface area contributed by atoms with E-state index in [9.17, 15) is 4.39 Å². The molecule has 0 unspecified atom stereocenters. The van der Waals surface area contributed by atoms with Crippen LogP contribution >= 0.6 is 24.0 Å². The van der Waals surface area contributed by atoms with Crippen LogP contribution in [-0.2, 0) is 17.7 Å². The average Bonchev–Trinajstić information content (AvgIpc) is 3.33. The van der Waals surface area contributed by atoms with Crippen LogP contribution in [0.15, 0.2) is 30.3 Å². The number of anilines is 2. The van der Waals surface area contributed by atoms with E-state index >= 15 is 0 Å². The van der Waals surface area contributed by atoms with E-state index < -0.39 is 0 Å². The zero-order valence-electron chi connectivity index (χ0n) is 18.9. The van der Waals surface area contributed by atoms with Crippen molar-refractivity contribution in [3.05, 3.63) is 69.4 Å². The number of fused-ring (bicyclic) bond motifs is 1. The number of H-pyrrole nitrogens is 1. The molecule has 34 heavy (non-hydrogen) atoms. The van der Waals surface area contributed by atoms with Gasteiger partial charge in [-0.25, -0.2) is 13.9 Å². The first-order chi connectivity index (χ1) is 16.0.